The monoisotopic (exact) mass is 335 g/mol. The fourth-order valence-electron chi connectivity index (χ4n) is 2.56. The molecule has 3 amide bonds. The van der Waals surface area contributed by atoms with Gasteiger partial charge in [0.15, 0.2) is 6.73 Å². The van der Waals surface area contributed by atoms with E-state index in [0.29, 0.717) is 26.2 Å². The Morgan fingerprint density at radius 3 is 2.29 bits per heavy atom. The molecular weight excluding hydrogens is 310 g/mol. The fourth-order valence-corrected chi connectivity index (χ4v) is 2.56. The lowest BCUT2D eigenvalue weighted by Crippen LogP contribution is -2.53. The molecule has 1 N–H and O–H groups in total. The fraction of sp³-hybridized carbons (Fsp3) is 0.529. The molecule has 0 atom stereocenters. The van der Waals surface area contributed by atoms with Gasteiger partial charge >= 0.3 is 12.1 Å². The Hall–Kier alpha value is -2.44. The Morgan fingerprint density at radius 1 is 1.08 bits per heavy atom. The first-order chi connectivity index (χ1) is 11.6. The minimum absolute atomic E-state index is 0.114. The number of amides is 3. The van der Waals surface area contributed by atoms with Gasteiger partial charge in [-0.2, -0.15) is 0 Å². The van der Waals surface area contributed by atoms with Gasteiger partial charge in [-0.25, -0.2) is 9.59 Å². The molecule has 24 heavy (non-hydrogen) atoms. The first kappa shape index (κ1) is 17.9. The summed E-state index contributed by atoms with van der Waals surface area (Å²) in [6.45, 7) is 4.16. The number of carbonyl (C=O) groups is 2. The maximum absolute atomic E-state index is 12.1. The Bertz CT molecular complexity index is 539. The number of hydrogen-bond donors (Lipinski definition) is 1. The Balaban J connectivity index is 1.69. The molecule has 1 aliphatic heterocycles. The van der Waals surface area contributed by atoms with Crippen LogP contribution >= 0.6 is 0 Å². The minimum atomic E-state index is -0.357. The quantitative estimate of drug-likeness (QED) is 0.836. The van der Waals surface area contributed by atoms with E-state index < -0.39 is 0 Å². The second kappa shape index (κ2) is 9.00. The average molecular weight is 335 g/mol. The van der Waals surface area contributed by atoms with E-state index in [0.717, 1.165) is 18.6 Å². The predicted molar refractivity (Wildman–Crippen MR) is 90.0 cm³/mol. The summed E-state index contributed by atoms with van der Waals surface area (Å²) in [5.41, 5.74) is 1.28. The molecule has 0 aliphatic carbocycles. The lowest BCUT2D eigenvalue weighted by Gasteiger charge is -2.33. The summed E-state index contributed by atoms with van der Waals surface area (Å²) in [4.78, 5) is 26.7. The topological polar surface area (TPSA) is 71.1 Å². The smallest absolute Gasteiger partial charge is 0.409 e. The molecule has 0 saturated carbocycles. The second-order valence-electron chi connectivity index (χ2n) is 5.61. The molecule has 2 rings (SSSR count). The first-order valence-corrected chi connectivity index (χ1v) is 8.21. The van der Waals surface area contributed by atoms with Crippen LogP contribution in [0.1, 0.15) is 18.9 Å². The molecule has 1 aromatic rings. The van der Waals surface area contributed by atoms with Crippen molar-refractivity contribution < 1.29 is 19.1 Å². The van der Waals surface area contributed by atoms with Crippen LogP contribution < -0.4 is 10.1 Å². The molecule has 1 heterocycles. The van der Waals surface area contributed by atoms with Crippen LogP contribution in [0.25, 0.3) is 0 Å². The van der Waals surface area contributed by atoms with Crippen LogP contribution in [0.15, 0.2) is 24.3 Å². The number of rotatable bonds is 5. The van der Waals surface area contributed by atoms with E-state index in [1.54, 1.807) is 9.80 Å². The number of benzene rings is 1. The van der Waals surface area contributed by atoms with E-state index in [-0.39, 0.29) is 18.9 Å². The molecule has 1 aromatic carbocycles. The standard InChI is InChI=1S/C17H25N3O4/c1-3-4-14-5-7-15(8-6-14)24-13-18-16(21)19-9-11-20(12-10-19)17(22)23-2/h5-8H,3-4,9-13H2,1-2H3,(H,18,21). The van der Waals surface area contributed by atoms with Crippen molar-refractivity contribution in [2.45, 2.75) is 19.8 Å². The summed E-state index contributed by atoms with van der Waals surface area (Å²) >= 11 is 0. The number of methoxy groups -OCH3 is 1. The number of piperazine rings is 1. The van der Waals surface area contributed by atoms with Gasteiger partial charge < -0.3 is 24.6 Å². The molecule has 1 saturated heterocycles. The largest absolute Gasteiger partial charge is 0.473 e. The zero-order valence-electron chi connectivity index (χ0n) is 14.3. The number of nitrogens with one attached hydrogen (secondary N) is 1. The third-order valence-electron chi connectivity index (χ3n) is 3.92. The van der Waals surface area contributed by atoms with Gasteiger partial charge in [-0.1, -0.05) is 25.5 Å². The maximum Gasteiger partial charge on any atom is 0.409 e. The third kappa shape index (κ3) is 5.04. The van der Waals surface area contributed by atoms with Crippen molar-refractivity contribution in [3.8, 4) is 5.75 Å². The first-order valence-electron chi connectivity index (χ1n) is 8.21. The van der Waals surface area contributed by atoms with Crippen LogP contribution in [0.3, 0.4) is 0 Å². The third-order valence-corrected chi connectivity index (χ3v) is 3.92. The van der Waals surface area contributed by atoms with Gasteiger partial charge in [0.2, 0.25) is 0 Å². The Labute approximate surface area is 142 Å². The number of urea groups is 1. The van der Waals surface area contributed by atoms with Gasteiger partial charge in [0.05, 0.1) is 7.11 Å². The van der Waals surface area contributed by atoms with Crippen molar-refractivity contribution in [1.82, 2.24) is 15.1 Å². The molecule has 0 radical (unpaired) electrons. The van der Waals surface area contributed by atoms with Crippen molar-refractivity contribution in [3.05, 3.63) is 29.8 Å². The van der Waals surface area contributed by atoms with E-state index in [2.05, 4.69) is 17.0 Å². The molecule has 0 aromatic heterocycles. The van der Waals surface area contributed by atoms with Crippen LogP contribution in [-0.2, 0) is 11.2 Å². The number of ether oxygens (including phenoxy) is 2. The molecule has 0 unspecified atom stereocenters. The Kier molecular flexibility index (Phi) is 6.72. The summed E-state index contributed by atoms with van der Waals surface area (Å²) in [7, 11) is 1.35. The van der Waals surface area contributed by atoms with Crippen molar-refractivity contribution >= 4 is 12.1 Å². The SMILES string of the molecule is CCCc1ccc(OCNC(=O)N2CCN(C(=O)OC)CC2)cc1. The minimum Gasteiger partial charge on any atom is -0.473 e. The summed E-state index contributed by atoms with van der Waals surface area (Å²) in [5, 5.41) is 2.73. The molecule has 1 fully saturated rings. The van der Waals surface area contributed by atoms with Gasteiger partial charge in [-0.3, -0.25) is 0 Å². The van der Waals surface area contributed by atoms with Crippen molar-refractivity contribution in [3.63, 3.8) is 0 Å². The highest BCUT2D eigenvalue weighted by Crippen LogP contribution is 2.13. The number of hydrogen-bond acceptors (Lipinski definition) is 4. The van der Waals surface area contributed by atoms with E-state index in [9.17, 15) is 9.59 Å². The van der Waals surface area contributed by atoms with Crippen LogP contribution in [0.5, 0.6) is 5.75 Å². The number of nitrogens with zero attached hydrogens (tertiary/aromatic N) is 2. The molecule has 0 spiro atoms. The predicted octanol–water partition coefficient (Wildman–Crippen LogP) is 2.07. The highest BCUT2D eigenvalue weighted by Gasteiger charge is 2.24. The van der Waals surface area contributed by atoms with Gasteiger partial charge in [0.25, 0.3) is 0 Å². The lowest BCUT2D eigenvalue weighted by atomic mass is 10.1. The van der Waals surface area contributed by atoms with Gasteiger partial charge in [0.1, 0.15) is 5.75 Å². The molecule has 7 nitrogen and oxygen atoms in total. The van der Waals surface area contributed by atoms with Gasteiger partial charge in [-0.05, 0) is 24.1 Å². The second-order valence-corrected chi connectivity index (χ2v) is 5.61. The highest BCUT2D eigenvalue weighted by atomic mass is 16.5. The van der Waals surface area contributed by atoms with Crippen LogP contribution in [0.2, 0.25) is 0 Å². The summed E-state index contributed by atoms with van der Waals surface area (Å²) in [6.07, 6.45) is 1.80. The zero-order chi connectivity index (χ0) is 17.4. The van der Waals surface area contributed by atoms with Crippen LogP contribution in [-0.4, -0.2) is 61.9 Å². The van der Waals surface area contributed by atoms with Crippen LogP contribution in [0, 0.1) is 0 Å². The summed E-state index contributed by atoms with van der Waals surface area (Å²) < 4.78 is 10.2. The molecule has 1 aliphatic rings. The van der Waals surface area contributed by atoms with E-state index in [1.807, 2.05) is 24.3 Å². The summed E-state index contributed by atoms with van der Waals surface area (Å²) in [6, 6.07) is 7.69. The van der Waals surface area contributed by atoms with Crippen molar-refractivity contribution in [1.29, 1.82) is 0 Å². The molecular formula is C17H25N3O4. The normalized spacial score (nSPS) is 14.2. The lowest BCUT2D eigenvalue weighted by molar-refractivity contribution is 0.0958. The summed E-state index contributed by atoms with van der Waals surface area (Å²) in [5.74, 6) is 0.727. The zero-order valence-corrected chi connectivity index (χ0v) is 14.3. The molecule has 0 bridgehead atoms. The average Bonchev–Trinajstić information content (AvgIpc) is 2.63. The molecule has 7 heteroatoms. The van der Waals surface area contributed by atoms with E-state index in [1.165, 1.54) is 12.7 Å². The highest BCUT2D eigenvalue weighted by molar-refractivity contribution is 5.74. The van der Waals surface area contributed by atoms with E-state index >= 15 is 0 Å². The van der Waals surface area contributed by atoms with E-state index in [4.69, 9.17) is 4.74 Å². The number of aryl methyl sites for hydroxylation is 1. The Morgan fingerprint density at radius 2 is 1.71 bits per heavy atom. The van der Waals surface area contributed by atoms with Crippen molar-refractivity contribution in [2.24, 2.45) is 0 Å². The van der Waals surface area contributed by atoms with Crippen LogP contribution in [0.4, 0.5) is 9.59 Å². The number of carbonyl (C=O) groups excluding carboxylic acids is 2. The van der Waals surface area contributed by atoms with Gasteiger partial charge in [0, 0.05) is 26.2 Å². The van der Waals surface area contributed by atoms with Gasteiger partial charge in [-0.15, -0.1) is 0 Å². The maximum atomic E-state index is 12.1. The molecule has 132 valence electrons. The van der Waals surface area contributed by atoms with Crippen molar-refractivity contribution in [2.75, 3.05) is 40.0 Å².